The minimum Gasteiger partial charge on any atom is -0.495 e. The summed E-state index contributed by atoms with van der Waals surface area (Å²) in [6.45, 7) is 1.96. The van der Waals surface area contributed by atoms with Gasteiger partial charge in [0.25, 0.3) is 5.91 Å². The van der Waals surface area contributed by atoms with Gasteiger partial charge in [-0.3, -0.25) is 4.79 Å². The van der Waals surface area contributed by atoms with Crippen LogP contribution in [0.5, 0.6) is 5.75 Å². The first-order valence-electron chi connectivity index (χ1n) is 7.86. The molecule has 6 nitrogen and oxygen atoms in total. The molecule has 0 atom stereocenters. The summed E-state index contributed by atoms with van der Waals surface area (Å²) < 4.78 is 5.28. The maximum absolute atomic E-state index is 12.3. The second-order valence-electron chi connectivity index (χ2n) is 5.58. The molecule has 132 valence electrons. The highest BCUT2D eigenvalue weighted by molar-refractivity contribution is 6.31. The Morgan fingerprint density at radius 1 is 1.12 bits per heavy atom. The van der Waals surface area contributed by atoms with E-state index in [-0.39, 0.29) is 11.6 Å². The highest BCUT2D eigenvalue weighted by Gasteiger charge is 2.10. The zero-order chi connectivity index (χ0) is 18.5. The van der Waals surface area contributed by atoms with Crippen LogP contribution < -0.4 is 15.4 Å². The molecule has 0 unspecified atom stereocenters. The molecule has 26 heavy (non-hydrogen) atoms. The van der Waals surface area contributed by atoms with E-state index < -0.39 is 0 Å². The number of hydrogen-bond acceptors (Lipinski definition) is 5. The van der Waals surface area contributed by atoms with Gasteiger partial charge in [0.2, 0.25) is 0 Å². The first-order valence-corrected chi connectivity index (χ1v) is 8.23. The zero-order valence-corrected chi connectivity index (χ0v) is 15.0. The molecule has 1 aromatic heterocycles. The normalized spacial score (nSPS) is 10.3. The summed E-state index contributed by atoms with van der Waals surface area (Å²) in [4.78, 5) is 20.7. The van der Waals surface area contributed by atoms with Crippen molar-refractivity contribution in [3.05, 3.63) is 71.1 Å². The first kappa shape index (κ1) is 17.7. The molecule has 2 aromatic carbocycles. The number of amides is 1. The molecule has 1 amide bonds. The summed E-state index contributed by atoms with van der Waals surface area (Å²) in [7, 11) is 1.57. The van der Waals surface area contributed by atoms with Crippen LogP contribution in [-0.4, -0.2) is 23.0 Å². The first-order chi connectivity index (χ1) is 12.5. The monoisotopic (exact) mass is 368 g/mol. The summed E-state index contributed by atoms with van der Waals surface area (Å²) in [6.07, 6.45) is 2.88. The Balaban J connectivity index is 1.72. The van der Waals surface area contributed by atoms with E-state index in [1.54, 1.807) is 25.3 Å². The topological polar surface area (TPSA) is 76.1 Å². The molecule has 0 spiro atoms. The average Bonchev–Trinajstić information content (AvgIpc) is 2.62. The fourth-order valence-electron chi connectivity index (χ4n) is 2.34. The summed E-state index contributed by atoms with van der Waals surface area (Å²) in [5.41, 5.74) is 2.65. The van der Waals surface area contributed by atoms with E-state index in [1.165, 1.54) is 12.4 Å². The molecule has 0 bridgehead atoms. The van der Waals surface area contributed by atoms with Crippen LogP contribution in [0.25, 0.3) is 0 Å². The number of nitrogens with zero attached hydrogens (tertiary/aromatic N) is 2. The third-order valence-corrected chi connectivity index (χ3v) is 3.82. The molecule has 2 N–H and O–H groups in total. The zero-order valence-electron chi connectivity index (χ0n) is 14.3. The summed E-state index contributed by atoms with van der Waals surface area (Å²) in [6, 6.07) is 12.7. The fraction of sp³-hybridized carbons (Fsp3) is 0.105. The molecule has 0 saturated heterocycles. The molecule has 0 fully saturated rings. The van der Waals surface area contributed by atoms with Gasteiger partial charge in [0.1, 0.15) is 17.3 Å². The van der Waals surface area contributed by atoms with Gasteiger partial charge in [-0.2, -0.15) is 0 Å². The van der Waals surface area contributed by atoms with E-state index >= 15 is 0 Å². The molecule has 0 saturated carbocycles. The largest absolute Gasteiger partial charge is 0.495 e. The van der Waals surface area contributed by atoms with Gasteiger partial charge < -0.3 is 15.4 Å². The van der Waals surface area contributed by atoms with Crippen molar-refractivity contribution in [2.24, 2.45) is 0 Å². The smallest absolute Gasteiger partial charge is 0.275 e. The second-order valence-corrected chi connectivity index (χ2v) is 6.02. The van der Waals surface area contributed by atoms with Crippen LogP contribution in [0.15, 0.2) is 54.9 Å². The van der Waals surface area contributed by atoms with E-state index in [2.05, 4.69) is 20.6 Å². The fourth-order valence-corrected chi connectivity index (χ4v) is 2.52. The van der Waals surface area contributed by atoms with Gasteiger partial charge in [0, 0.05) is 10.7 Å². The van der Waals surface area contributed by atoms with Crippen molar-refractivity contribution >= 4 is 34.7 Å². The Bertz CT molecular complexity index is 929. The van der Waals surface area contributed by atoms with E-state index in [0.29, 0.717) is 28.0 Å². The molecule has 0 aliphatic rings. The van der Waals surface area contributed by atoms with Gasteiger partial charge in [-0.15, -0.1) is 0 Å². The van der Waals surface area contributed by atoms with Crippen molar-refractivity contribution in [1.82, 2.24) is 9.97 Å². The van der Waals surface area contributed by atoms with Gasteiger partial charge in [-0.25, -0.2) is 9.97 Å². The molecule has 1 heterocycles. The molecule has 0 aliphatic carbocycles. The highest BCUT2D eigenvalue weighted by Crippen LogP contribution is 2.29. The third-order valence-electron chi connectivity index (χ3n) is 3.58. The predicted octanol–water partition coefficient (Wildman–Crippen LogP) is 4.44. The van der Waals surface area contributed by atoms with Crippen molar-refractivity contribution in [3.8, 4) is 5.75 Å². The minimum absolute atomic E-state index is 0.218. The van der Waals surface area contributed by atoms with Crippen LogP contribution >= 0.6 is 11.6 Å². The summed E-state index contributed by atoms with van der Waals surface area (Å²) in [5, 5.41) is 6.43. The maximum atomic E-state index is 12.3. The van der Waals surface area contributed by atoms with Crippen LogP contribution in [0.1, 0.15) is 16.1 Å². The number of carbonyl (C=O) groups is 1. The van der Waals surface area contributed by atoms with Crippen molar-refractivity contribution in [2.45, 2.75) is 6.92 Å². The number of anilines is 3. The molecule has 7 heteroatoms. The quantitative estimate of drug-likeness (QED) is 0.696. The number of carbonyl (C=O) groups excluding carboxylic acids is 1. The van der Waals surface area contributed by atoms with Crippen LogP contribution in [0, 0.1) is 6.92 Å². The standard InChI is InChI=1S/C19H17ClN4O2/c1-12-4-3-5-14(8-12)23-19(25)16-10-22-18(11-21-16)24-15-9-13(20)6-7-17(15)26-2/h3-11H,1-2H3,(H,22,24)(H,23,25). The van der Waals surface area contributed by atoms with Crippen molar-refractivity contribution in [1.29, 1.82) is 0 Å². The Morgan fingerprint density at radius 3 is 2.65 bits per heavy atom. The van der Waals surface area contributed by atoms with Crippen LogP contribution in [0.4, 0.5) is 17.2 Å². The van der Waals surface area contributed by atoms with Crippen LogP contribution in [0.2, 0.25) is 5.02 Å². The maximum Gasteiger partial charge on any atom is 0.275 e. The highest BCUT2D eigenvalue weighted by atomic mass is 35.5. The number of rotatable bonds is 5. The molecule has 3 rings (SSSR count). The lowest BCUT2D eigenvalue weighted by Gasteiger charge is -2.11. The Morgan fingerprint density at radius 2 is 1.96 bits per heavy atom. The third kappa shape index (κ3) is 4.29. The van der Waals surface area contributed by atoms with Gasteiger partial charge in [-0.1, -0.05) is 23.7 Å². The number of aryl methyl sites for hydroxylation is 1. The van der Waals surface area contributed by atoms with E-state index in [9.17, 15) is 4.79 Å². The predicted molar refractivity (Wildman–Crippen MR) is 102 cm³/mol. The van der Waals surface area contributed by atoms with Crippen molar-refractivity contribution in [2.75, 3.05) is 17.7 Å². The lowest BCUT2D eigenvalue weighted by atomic mass is 10.2. The van der Waals surface area contributed by atoms with Gasteiger partial charge in [0.05, 0.1) is 25.2 Å². The Labute approximate surface area is 156 Å². The summed E-state index contributed by atoms with van der Waals surface area (Å²) in [5.74, 6) is 0.769. The summed E-state index contributed by atoms with van der Waals surface area (Å²) >= 11 is 6.01. The number of nitrogens with one attached hydrogen (secondary N) is 2. The van der Waals surface area contributed by atoms with Crippen molar-refractivity contribution < 1.29 is 9.53 Å². The van der Waals surface area contributed by atoms with Crippen LogP contribution in [0.3, 0.4) is 0 Å². The molecule has 0 radical (unpaired) electrons. The number of hydrogen-bond donors (Lipinski definition) is 2. The lowest BCUT2D eigenvalue weighted by molar-refractivity contribution is 0.102. The molecule has 3 aromatic rings. The number of methoxy groups -OCH3 is 1. The minimum atomic E-state index is -0.324. The molecule has 0 aliphatic heterocycles. The lowest BCUT2D eigenvalue weighted by Crippen LogP contribution is -2.14. The SMILES string of the molecule is COc1ccc(Cl)cc1Nc1cnc(C(=O)Nc2cccc(C)c2)cn1. The average molecular weight is 369 g/mol. The van der Waals surface area contributed by atoms with Gasteiger partial charge in [-0.05, 0) is 42.8 Å². The van der Waals surface area contributed by atoms with E-state index in [4.69, 9.17) is 16.3 Å². The number of halogens is 1. The van der Waals surface area contributed by atoms with E-state index in [1.807, 2.05) is 31.2 Å². The Kier molecular flexibility index (Phi) is 5.34. The van der Waals surface area contributed by atoms with E-state index in [0.717, 1.165) is 5.56 Å². The number of aromatic nitrogens is 2. The number of ether oxygens (including phenoxy) is 1. The Hall–Kier alpha value is -3.12. The number of benzene rings is 2. The second kappa shape index (κ2) is 7.84. The van der Waals surface area contributed by atoms with Crippen LogP contribution in [-0.2, 0) is 0 Å². The molecular formula is C19H17ClN4O2. The van der Waals surface area contributed by atoms with Crippen molar-refractivity contribution in [3.63, 3.8) is 0 Å². The van der Waals surface area contributed by atoms with Gasteiger partial charge >= 0.3 is 0 Å². The molecular weight excluding hydrogens is 352 g/mol. The van der Waals surface area contributed by atoms with Gasteiger partial charge in [0.15, 0.2) is 0 Å².